The van der Waals surface area contributed by atoms with Gasteiger partial charge in [-0.2, -0.15) is 0 Å². The number of benzene rings is 2. The molecule has 0 bridgehead atoms. The number of hydroxylamine groups is 2. The van der Waals surface area contributed by atoms with Crippen LogP contribution in [0.2, 0.25) is 5.02 Å². The van der Waals surface area contributed by atoms with E-state index in [0.29, 0.717) is 17.0 Å². The van der Waals surface area contributed by atoms with Gasteiger partial charge in [0, 0.05) is 16.8 Å². The highest BCUT2D eigenvalue weighted by Gasteiger charge is 2.19. The molecule has 1 N–H and O–H groups in total. The van der Waals surface area contributed by atoms with Crippen molar-refractivity contribution in [2.45, 2.75) is 19.4 Å². The SMILES string of the molecule is CC(Cc1ccccc1Cl)N(O)/C=C1/C(=O)C=Cc2ccccc21. The smallest absolute Gasteiger partial charge is 0.188 e. The summed E-state index contributed by atoms with van der Waals surface area (Å²) in [6, 6.07) is 15.0. The van der Waals surface area contributed by atoms with Crippen molar-refractivity contribution in [2.24, 2.45) is 0 Å². The fourth-order valence-corrected chi connectivity index (χ4v) is 2.96. The molecular formula is C20H18ClNO2. The van der Waals surface area contributed by atoms with Gasteiger partial charge in [-0.05, 0) is 42.2 Å². The number of fused-ring (bicyclic) bond motifs is 1. The zero-order chi connectivity index (χ0) is 17.1. The van der Waals surface area contributed by atoms with Crippen LogP contribution in [0.4, 0.5) is 0 Å². The van der Waals surface area contributed by atoms with Gasteiger partial charge in [0.15, 0.2) is 5.78 Å². The molecule has 4 heteroatoms. The first kappa shape index (κ1) is 16.5. The number of carbonyl (C=O) groups is 1. The summed E-state index contributed by atoms with van der Waals surface area (Å²) in [4.78, 5) is 12.2. The summed E-state index contributed by atoms with van der Waals surface area (Å²) in [5, 5.41) is 12.2. The van der Waals surface area contributed by atoms with E-state index >= 15 is 0 Å². The van der Waals surface area contributed by atoms with E-state index in [-0.39, 0.29) is 11.8 Å². The molecule has 0 saturated carbocycles. The fourth-order valence-electron chi connectivity index (χ4n) is 2.74. The second-order valence-electron chi connectivity index (χ2n) is 5.85. The van der Waals surface area contributed by atoms with Crippen LogP contribution in [0.5, 0.6) is 0 Å². The Labute approximate surface area is 146 Å². The topological polar surface area (TPSA) is 40.5 Å². The Hall–Kier alpha value is -2.36. The predicted molar refractivity (Wildman–Crippen MR) is 96.7 cm³/mol. The summed E-state index contributed by atoms with van der Waals surface area (Å²) in [6.07, 6.45) is 5.41. The molecular weight excluding hydrogens is 322 g/mol. The van der Waals surface area contributed by atoms with Crippen LogP contribution in [0.15, 0.2) is 60.8 Å². The van der Waals surface area contributed by atoms with Crippen LogP contribution in [0.3, 0.4) is 0 Å². The van der Waals surface area contributed by atoms with E-state index in [2.05, 4.69) is 0 Å². The summed E-state index contributed by atoms with van der Waals surface area (Å²) in [5.41, 5.74) is 3.24. The Kier molecular flexibility index (Phi) is 4.84. The van der Waals surface area contributed by atoms with Gasteiger partial charge in [0.25, 0.3) is 0 Å². The number of halogens is 1. The molecule has 0 spiro atoms. The van der Waals surface area contributed by atoms with E-state index in [4.69, 9.17) is 11.6 Å². The van der Waals surface area contributed by atoms with Crippen LogP contribution >= 0.6 is 11.6 Å². The maximum atomic E-state index is 12.2. The van der Waals surface area contributed by atoms with Crippen LogP contribution in [0, 0.1) is 0 Å². The summed E-state index contributed by atoms with van der Waals surface area (Å²) < 4.78 is 0. The van der Waals surface area contributed by atoms with E-state index in [0.717, 1.165) is 21.8 Å². The number of hydrogen-bond donors (Lipinski definition) is 1. The molecule has 0 fully saturated rings. The van der Waals surface area contributed by atoms with E-state index < -0.39 is 0 Å². The molecule has 24 heavy (non-hydrogen) atoms. The van der Waals surface area contributed by atoms with E-state index in [1.54, 1.807) is 6.08 Å². The molecule has 1 unspecified atom stereocenters. The van der Waals surface area contributed by atoms with Crippen molar-refractivity contribution in [1.29, 1.82) is 0 Å². The van der Waals surface area contributed by atoms with E-state index in [1.807, 2.05) is 55.5 Å². The first-order chi connectivity index (χ1) is 11.6. The van der Waals surface area contributed by atoms with Crippen LogP contribution in [0.25, 0.3) is 11.6 Å². The number of allylic oxidation sites excluding steroid dienone is 2. The van der Waals surface area contributed by atoms with Crippen molar-refractivity contribution in [1.82, 2.24) is 5.06 Å². The van der Waals surface area contributed by atoms with Crippen LogP contribution in [-0.4, -0.2) is 22.1 Å². The molecule has 0 aromatic heterocycles. The zero-order valence-corrected chi connectivity index (χ0v) is 14.1. The van der Waals surface area contributed by atoms with Crippen molar-refractivity contribution in [3.05, 3.63) is 82.5 Å². The molecule has 0 amide bonds. The van der Waals surface area contributed by atoms with Crippen LogP contribution in [-0.2, 0) is 11.2 Å². The first-order valence-corrected chi connectivity index (χ1v) is 8.18. The minimum Gasteiger partial charge on any atom is -0.289 e. The number of carbonyl (C=O) groups excluding carboxylic acids is 1. The molecule has 0 heterocycles. The second-order valence-corrected chi connectivity index (χ2v) is 6.26. The molecule has 1 aliphatic carbocycles. The Morgan fingerprint density at radius 1 is 1.12 bits per heavy atom. The molecule has 3 rings (SSSR count). The molecule has 1 aliphatic rings. The summed E-state index contributed by atoms with van der Waals surface area (Å²) in [7, 11) is 0. The van der Waals surface area contributed by atoms with Gasteiger partial charge in [0.2, 0.25) is 0 Å². The third-order valence-corrected chi connectivity index (χ3v) is 4.49. The average Bonchev–Trinajstić information content (AvgIpc) is 2.59. The molecule has 0 saturated heterocycles. The first-order valence-electron chi connectivity index (χ1n) is 7.80. The average molecular weight is 340 g/mol. The van der Waals surface area contributed by atoms with Gasteiger partial charge >= 0.3 is 0 Å². The van der Waals surface area contributed by atoms with Crippen molar-refractivity contribution < 1.29 is 10.0 Å². The summed E-state index contributed by atoms with van der Waals surface area (Å²) in [6.45, 7) is 1.88. The van der Waals surface area contributed by atoms with Gasteiger partial charge in [-0.3, -0.25) is 15.1 Å². The van der Waals surface area contributed by atoms with Gasteiger partial charge in [-0.25, -0.2) is 0 Å². The highest BCUT2D eigenvalue weighted by atomic mass is 35.5. The monoisotopic (exact) mass is 339 g/mol. The highest BCUT2D eigenvalue weighted by Crippen LogP contribution is 2.27. The second kappa shape index (κ2) is 7.04. The lowest BCUT2D eigenvalue weighted by Crippen LogP contribution is -2.28. The van der Waals surface area contributed by atoms with Gasteiger partial charge in [-0.15, -0.1) is 0 Å². The van der Waals surface area contributed by atoms with Crippen molar-refractivity contribution in [3.8, 4) is 0 Å². The van der Waals surface area contributed by atoms with Gasteiger partial charge in [0.1, 0.15) is 0 Å². The van der Waals surface area contributed by atoms with Crippen molar-refractivity contribution in [2.75, 3.05) is 0 Å². The van der Waals surface area contributed by atoms with Gasteiger partial charge in [0.05, 0.1) is 6.04 Å². The maximum Gasteiger partial charge on any atom is 0.188 e. The minimum absolute atomic E-state index is 0.113. The largest absolute Gasteiger partial charge is 0.289 e. The van der Waals surface area contributed by atoms with Crippen molar-refractivity contribution in [3.63, 3.8) is 0 Å². The van der Waals surface area contributed by atoms with E-state index in [9.17, 15) is 10.0 Å². The fraction of sp³-hybridized carbons (Fsp3) is 0.150. The molecule has 122 valence electrons. The van der Waals surface area contributed by atoms with Crippen LogP contribution in [0.1, 0.15) is 23.6 Å². The zero-order valence-electron chi connectivity index (χ0n) is 13.3. The van der Waals surface area contributed by atoms with Gasteiger partial charge < -0.3 is 0 Å². The Balaban J connectivity index is 1.84. The quantitative estimate of drug-likeness (QED) is 0.653. The Morgan fingerprint density at radius 2 is 1.83 bits per heavy atom. The lowest BCUT2D eigenvalue weighted by atomic mass is 9.92. The Bertz CT molecular complexity index is 826. The maximum absolute atomic E-state index is 12.2. The minimum atomic E-state index is -0.219. The summed E-state index contributed by atoms with van der Waals surface area (Å²) >= 11 is 6.18. The number of ketones is 1. The lowest BCUT2D eigenvalue weighted by Gasteiger charge is -2.23. The van der Waals surface area contributed by atoms with Crippen LogP contribution < -0.4 is 0 Å². The number of nitrogens with zero attached hydrogens (tertiary/aromatic N) is 1. The molecule has 2 aromatic carbocycles. The molecule has 2 aromatic rings. The summed E-state index contributed by atoms with van der Waals surface area (Å²) in [5.74, 6) is -0.113. The standard InChI is InChI=1S/C20H18ClNO2/c1-14(12-16-7-3-5-9-19(16)21)22(24)13-18-17-8-4-2-6-15(17)10-11-20(18)23/h2-11,13-14,24H,12H2,1H3/b18-13+. The van der Waals surface area contributed by atoms with E-state index in [1.165, 1.54) is 12.3 Å². The molecule has 0 aliphatic heterocycles. The molecule has 0 radical (unpaired) electrons. The normalized spacial score (nSPS) is 16.1. The predicted octanol–water partition coefficient (Wildman–Crippen LogP) is 4.60. The lowest BCUT2D eigenvalue weighted by molar-refractivity contribution is -0.110. The number of rotatable bonds is 4. The number of hydrogen-bond acceptors (Lipinski definition) is 3. The third kappa shape index (κ3) is 3.42. The third-order valence-electron chi connectivity index (χ3n) is 4.12. The molecule has 3 nitrogen and oxygen atoms in total. The molecule has 1 atom stereocenters. The van der Waals surface area contributed by atoms with Crippen molar-refractivity contribution >= 4 is 29.0 Å². The van der Waals surface area contributed by atoms with Gasteiger partial charge in [-0.1, -0.05) is 60.1 Å². The Morgan fingerprint density at radius 3 is 2.62 bits per heavy atom. The highest BCUT2D eigenvalue weighted by molar-refractivity contribution is 6.31.